The smallest absolute Gasteiger partial charge is 0.411 e. The average Bonchev–Trinajstić information content (AvgIpc) is 2.78. The van der Waals surface area contributed by atoms with Gasteiger partial charge in [0.15, 0.2) is 0 Å². The molecule has 0 bridgehead atoms. The zero-order valence-corrected chi connectivity index (χ0v) is 10.6. The molecule has 1 heterocycles. The Balaban J connectivity index is 1.93. The summed E-state index contributed by atoms with van der Waals surface area (Å²) in [5.41, 5.74) is 1.43. The van der Waals surface area contributed by atoms with Crippen molar-refractivity contribution in [3.05, 3.63) is 47.7 Å². The molecule has 0 unspecified atom stereocenters. The molecule has 0 saturated carbocycles. The molecule has 19 heavy (non-hydrogen) atoms. The highest BCUT2D eigenvalue weighted by Crippen LogP contribution is 2.21. The molecule has 0 spiro atoms. The van der Waals surface area contributed by atoms with Crippen LogP contribution < -0.4 is 0 Å². The van der Waals surface area contributed by atoms with E-state index in [-0.39, 0.29) is 12.6 Å². The number of benzene rings is 1. The molecule has 0 saturated heterocycles. The molecule has 0 fully saturated rings. The maximum Gasteiger partial charge on any atom is 0.411 e. The molecule has 1 amide bonds. The van der Waals surface area contributed by atoms with Crippen molar-refractivity contribution in [2.24, 2.45) is 0 Å². The highest BCUT2D eigenvalue weighted by molar-refractivity contribution is 5.89. The van der Waals surface area contributed by atoms with Crippen LogP contribution in [0, 0.1) is 0 Å². The molecule has 0 radical (unpaired) electrons. The number of ether oxygens (including phenoxy) is 1. The van der Waals surface area contributed by atoms with Crippen LogP contribution in [0.5, 0.6) is 0 Å². The highest BCUT2D eigenvalue weighted by Gasteiger charge is 2.28. The first-order chi connectivity index (χ1) is 9.08. The van der Waals surface area contributed by atoms with Crippen molar-refractivity contribution in [2.75, 3.05) is 6.61 Å². The quantitative estimate of drug-likeness (QED) is 0.849. The summed E-state index contributed by atoms with van der Waals surface area (Å²) in [4.78, 5) is 24.0. The molecule has 1 N–H and O–H groups in total. The van der Waals surface area contributed by atoms with Crippen molar-refractivity contribution in [3.63, 3.8) is 0 Å². The first-order valence-electron chi connectivity index (χ1n) is 5.98. The summed E-state index contributed by atoms with van der Waals surface area (Å²) in [5, 5.41) is 9.02. The van der Waals surface area contributed by atoms with E-state index in [1.165, 1.54) is 4.90 Å². The fourth-order valence-corrected chi connectivity index (χ4v) is 2.05. The van der Waals surface area contributed by atoms with Gasteiger partial charge in [-0.2, -0.15) is 0 Å². The normalized spacial score (nSPS) is 18.1. The Morgan fingerprint density at radius 1 is 1.37 bits per heavy atom. The van der Waals surface area contributed by atoms with Gasteiger partial charge in [-0.15, -0.1) is 0 Å². The highest BCUT2D eigenvalue weighted by atomic mass is 16.5. The topological polar surface area (TPSA) is 66.8 Å². The van der Waals surface area contributed by atoms with Crippen molar-refractivity contribution >= 4 is 12.1 Å². The fraction of sp³-hybridized carbons (Fsp3) is 0.286. The van der Waals surface area contributed by atoms with Crippen LogP contribution in [0.3, 0.4) is 0 Å². The lowest BCUT2D eigenvalue weighted by atomic mass is 10.1. The number of hydrogen-bond donors (Lipinski definition) is 1. The van der Waals surface area contributed by atoms with Crippen molar-refractivity contribution in [3.8, 4) is 0 Å². The predicted molar refractivity (Wildman–Crippen MR) is 68.8 cm³/mol. The van der Waals surface area contributed by atoms with Gasteiger partial charge in [0.2, 0.25) is 0 Å². The Kier molecular flexibility index (Phi) is 3.85. The SMILES string of the molecule is CC1=CN(C(=O)O)[C@H](COC(=O)c2ccccc2)C1. The first kappa shape index (κ1) is 13.1. The number of amides is 1. The van der Waals surface area contributed by atoms with E-state index >= 15 is 0 Å². The summed E-state index contributed by atoms with van der Waals surface area (Å²) in [5.74, 6) is -0.435. The van der Waals surface area contributed by atoms with E-state index < -0.39 is 12.1 Å². The zero-order chi connectivity index (χ0) is 13.8. The van der Waals surface area contributed by atoms with Crippen molar-refractivity contribution in [2.45, 2.75) is 19.4 Å². The molecular weight excluding hydrogens is 246 g/mol. The predicted octanol–water partition coefficient (Wildman–Crippen LogP) is 2.50. The van der Waals surface area contributed by atoms with Crippen LogP contribution in [-0.2, 0) is 4.74 Å². The lowest BCUT2D eigenvalue weighted by Gasteiger charge is -2.20. The van der Waals surface area contributed by atoms with Gasteiger partial charge in [0.05, 0.1) is 11.6 Å². The third-order valence-electron chi connectivity index (χ3n) is 2.95. The number of carbonyl (C=O) groups excluding carboxylic acids is 1. The summed E-state index contributed by atoms with van der Waals surface area (Å²) in [6, 6.07) is 8.31. The number of rotatable bonds is 3. The molecule has 2 rings (SSSR count). The van der Waals surface area contributed by atoms with Gasteiger partial charge in [-0.25, -0.2) is 9.59 Å². The summed E-state index contributed by atoms with van der Waals surface area (Å²) < 4.78 is 5.16. The number of esters is 1. The van der Waals surface area contributed by atoms with Crippen LogP contribution in [0.15, 0.2) is 42.1 Å². The molecule has 0 aromatic heterocycles. The minimum Gasteiger partial charge on any atom is -0.465 e. The van der Waals surface area contributed by atoms with Gasteiger partial charge in [0.25, 0.3) is 0 Å². The van der Waals surface area contributed by atoms with Gasteiger partial charge >= 0.3 is 12.1 Å². The lowest BCUT2D eigenvalue weighted by Crippen LogP contribution is -2.35. The van der Waals surface area contributed by atoms with Crippen LogP contribution in [0.1, 0.15) is 23.7 Å². The van der Waals surface area contributed by atoms with E-state index in [9.17, 15) is 9.59 Å². The largest absolute Gasteiger partial charge is 0.465 e. The van der Waals surface area contributed by atoms with Gasteiger partial charge in [-0.3, -0.25) is 4.90 Å². The minimum absolute atomic E-state index is 0.0634. The van der Waals surface area contributed by atoms with E-state index in [0.717, 1.165) is 5.57 Å². The Morgan fingerprint density at radius 3 is 2.68 bits per heavy atom. The van der Waals surface area contributed by atoms with E-state index in [0.29, 0.717) is 12.0 Å². The van der Waals surface area contributed by atoms with Gasteiger partial charge in [-0.05, 0) is 25.5 Å². The molecule has 5 heteroatoms. The fourth-order valence-electron chi connectivity index (χ4n) is 2.05. The molecule has 1 atom stereocenters. The third-order valence-corrected chi connectivity index (χ3v) is 2.95. The molecule has 1 aliphatic rings. The molecule has 1 aromatic carbocycles. The second-order valence-corrected chi connectivity index (χ2v) is 4.49. The van der Waals surface area contributed by atoms with E-state index in [1.807, 2.05) is 13.0 Å². The number of nitrogens with zero attached hydrogens (tertiary/aromatic N) is 1. The van der Waals surface area contributed by atoms with Crippen LogP contribution in [0.4, 0.5) is 4.79 Å². The van der Waals surface area contributed by atoms with Gasteiger partial charge < -0.3 is 9.84 Å². The van der Waals surface area contributed by atoms with Crippen LogP contribution in [0.25, 0.3) is 0 Å². The minimum atomic E-state index is -1.03. The Bertz CT molecular complexity index is 509. The van der Waals surface area contributed by atoms with Crippen molar-refractivity contribution in [1.29, 1.82) is 0 Å². The maximum atomic E-state index is 11.8. The number of hydrogen-bond acceptors (Lipinski definition) is 3. The lowest BCUT2D eigenvalue weighted by molar-refractivity contribution is 0.0410. The van der Waals surface area contributed by atoms with Crippen molar-refractivity contribution < 1.29 is 19.4 Å². The van der Waals surface area contributed by atoms with Crippen LogP contribution in [0.2, 0.25) is 0 Å². The molecule has 0 aliphatic carbocycles. The Morgan fingerprint density at radius 2 is 2.05 bits per heavy atom. The van der Waals surface area contributed by atoms with E-state index in [1.54, 1.807) is 30.5 Å². The summed E-state index contributed by atoms with van der Waals surface area (Å²) in [7, 11) is 0. The molecule has 100 valence electrons. The maximum absolute atomic E-state index is 11.8. The molecule has 5 nitrogen and oxygen atoms in total. The molecular formula is C14H15NO4. The molecule has 1 aromatic rings. The van der Waals surface area contributed by atoms with Gasteiger partial charge in [0, 0.05) is 6.20 Å². The second kappa shape index (κ2) is 5.56. The first-order valence-corrected chi connectivity index (χ1v) is 5.98. The second-order valence-electron chi connectivity index (χ2n) is 4.49. The summed E-state index contributed by atoms with van der Waals surface area (Å²) >= 11 is 0. The average molecular weight is 261 g/mol. The van der Waals surface area contributed by atoms with E-state index in [2.05, 4.69) is 0 Å². The van der Waals surface area contributed by atoms with Crippen LogP contribution in [-0.4, -0.2) is 34.7 Å². The van der Waals surface area contributed by atoms with Crippen LogP contribution >= 0.6 is 0 Å². The molecule has 1 aliphatic heterocycles. The van der Waals surface area contributed by atoms with Gasteiger partial charge in [-0.1, -0.05) is 23.8 Å². The zero-order valence-electron chi connectivity index (χ0n) is 10.6. The number of carbonyl (C=O) groups is 2. The monoisotopic (exact) mass is 261 g/mol. The van der Waals surface area contributed by atoms with Crippen molar-refractivity contribution in [1.82, 2.24) is 4.90 Å². The summed E-state index contributed by atoms with van der Waals surface area (Å²) in [6.45, 7) is 1.92. The Hall–Kier alpha value is -2.30. The standard InChI is InChI=1S/C14H15NO4/c1-10-7-12(15(8-10)14(17)18)9-19-13(16)11-5-3-2-4-6-11/h2-6,8,12H,7,9H2,1H3,(H,17,18)/t12-/m0/s1. The van der Waals surface area contributed by atoms with Gasteiger partial charge in [0.1, 0.15) is 6.61 Å². The number of carboxylic acid groups (broad SMARTS) is 1. The van der Waals surface area contributed by atoms with E-state index in [4.69, 9.17) is 9.84 Å². The summed E-state index contributed by atoms with van der Waals surface area (Å²) in [6.07, 6.45) is 1.13. The third kappa shape index (κ3) is 3.13. The Labute approximate surface area is 111 Å².